The van der Waals surface area contributed by atoms with Crippen molar-refractivity contribution in [2.45, 2.75) is 69.4 Å². The monoisotopic (exact) mass is 868 g/mol. The molecule has 2 aromatic carbocycles. The van der Waals surface area contributed by atoms with Crippen molar-refractivity contribution in [3.8, 4) is 5.75 Å². The molecule has 3 aromatic heterocycles. The molecule has 3 N–H and O–H groups in total. The van der Waals surface area contributed by atoms with Crippen LogP contribution >= 0.6 is 11.6 Å². The lowest BCUT2D eigenvalue weighted by atomic mass is 9.92. The maximum atomic E-state index is 15.2. The standard InChI is InChI=1S/C45H51ClF2N10O4/c1-25-22-58(35-6-4-5-29-38(53-55(3)40(29)35)30-10-12-37(59)51-43(30)60)18-17-57(25)23-26-13-15-56(16-14-26)36-20-33(32(46)21-49-36)50-28-9-11-34-31(19-28)39-41(44(61)54(34)2)62-24-45(47,48)42(52-39)27-7-8-27/h4-6,9,11,19-21,25-27,30,42,52H,7-8,10,12-18,22-24H2,1-3H3,(H,49,50)(H,51,59,60)/t25-,30?,42-/m0/s1. The minimum Gasteiger partial charge on any atom is -0.480 e. The van der Waals surface area contributed by atoms with Crippen LogP contribution in [-0.4, -0.2) is 99.9 Å². The fraction of sp³-hybridized carbons (Fsp3) is 0.489. The summed E-state index contributed by atoms with van der Waals surface area (Å²) >= 11 is 6.71. The Kier molecular flexibility index (Phi) is 10.3. The normalized spacial score (nSPS) is 23.5. The second kappa shape index (κ2) is 15.7. The number of hydrogen-bond donors (Lipinski definition) is 3. The zero-order chi connectivity index (χ0) is 43.0. The zero-order valence-electron chi connectivity index (χ0n) is 35.1. The van der Waals surface area contributed by atoms with Gasteiger partial charge in [0, 0.05) is 88.4 Å². The number of para-hydroxylation sites is 1. The van der Waals surface area contributed by atoms with Crippen molar-refractivity contribution in [3.63, 3.8) is 0 Å². The number of benzene rings is 2. The molecule has 1 saturated carbocycles. The van der Waals surface area contributed by atoms with Crippen LogP contribution in [0.15, 0.2) is 53.5 Å². The van der Waals surface area contributed by atoms with Gasteiger partial charge in [-0.1, -0.05) is 23.7 Å². The van der Waals surface area contributed by atoms with Crippen LogP contribution in [0.25, 0.3) is 21.8 Å². The number of ether oxygens (including phenoxy) is 1. The van der Waals surface area contributed by atoms with E-state index in [0.717, 1.165) is 80.2 Å². The summed E-state index contributed by atoms with van der Waals surface area (Å²) in [7, 11) is 3.55. The third-order valence-electron chi connectivity index (χ3n) is 13.7. The van der Waals surface area contributed by atoms with E-state index in [1.807, 2.05) is 42.1 Å². The highest BCUT2D eigenvalue weighted by Crippen LogP contribution is 2.46. The number of hydrogen-bond acceptors (Lipinski definition) is 11. The van der Waals surface area contributed by atoms with Crippen LogP contribution < -0.4 is 36.0 Å². The molecule has 1 unspecified atom stereocenters. The highest BCUT2D eigenvalue weighted by atomic mass is 35.5. The molecule has 0 radical (unpaired) electrons. The van der Waals surface area contributed by atoms with Crippen molar-refractivity contribution in [2.24, 2.45) is 25.9 Å². The fourth-order valence-corrected chi connectivity index (χ4v) is 10.3. The number of anilines is 5. The van der Waals surface area contributed by atoms with Crippen molar-refractivity contribution < 1.29 is 23.1 Å². The molecule has 4 fully saturated rings. The number of piperazine rings is 1. The first-order valence-corrected chi connectivity index (χ1v) is 22.1. The zero-order valence-corrected chi connectivity index (χ0v) is 35.9. The van der Waals surface area contributed by atoms with Gasteiger partial charge in [0.1, 0.15) is 5.82 Å². The number of carbonyl (C=O) groups excluding carboxylic acids is 2. The van der Waals surface area contributed by atoms with E-state index in [0.29, 0.717) is 70.6 Å². The molecule has 3 atom stereocenters. The molecule has 5 aromatic rings. The number of halogens is 3. The van der Waals surface area contributed by atoms with E-state index in [1.165, 1.54) is 4.57 Å². The number of nitrogens with zero attached hydrogens (tertiary/aromatic N) is 7. The number of aryl methyl sites for hydroxylation is 2. The highest BCUT2D eigenvalue weighted by Gasteiger charge is 2.51. The van der Waals surface area contributed by atoms with E-state index >= 15 is 8.78 Å². The van der Waals surface area contributed by atoms with Gasteiger partial charge in [0.15, 0.2) is 6.61 Å². The molecule has 2 amide bonds. The van der Waals surface area contributed by atoms with Crippen LogP contribution in [0, 0.1) is 11.8 Å². The minimum atomic E-state index is -3.12. The highest BCUT2D eigenvalue weighted by molar-refractivity contribution is 6.33. The summed E-state index contributed by atoms with van der Waals surface area (Å²) in [4.78, 5) is 49.9. The second-order valence-corrected chi connectivity index (χ2v) is 18.3. The third-order valence-corrected chi connectivity index (χ3v) is 14.0. The molecule has 4 aliphatic heterocycles. The molecular formula is C45H51ClF2N10O4. The predicted molar refractivity (Wildman–Crippen MR) is 236 cm³/mol. The second-order valence-electron chi connectivity index (χ2n) is 17.9. The summed E-state index contributed by atoms with van der Waals surface area (Å²) in [5, 5.41) is 15.8. The van der Waals surface area contributed by atoms with Gasteiger partial charge in [0.05, 0.1) is 57.0 Å². The van der Waals surface area contributed by atoms with Crippen molar-refractivity contribution in [2.75, 3.05) is 66.3 Å². The first-order valence-electron chi connectivity index (χ1n) is 21.7. The van der Waals surface area contributed by atoms with Gasteiger partial charge in [-0.2, -0.15) is 5.10 Å². The minimum absolute atomic E-state index is 0.0913. The molecule has 5 aliphatic rings. The third kappa shape index (κ3) is 7.37. The molecule has 0 bridgehead atoms. The Morgan fingerprint density at radius 2 is 1.77 bits per heavy atom. The predicted octanol–water partition coefficient (Wildman–Crippen LogP) is 6.38. The molecule has 62 heavy (non-hydrogen) atoms. The Bertz CT molecular complexity index is 2660. The number of fused-ring (bicyclic) bond motifs is 4. The fourth-order valence-electron chi connectivity index (χ4n) is 10.1. The maximum Gasteiger partial charge on any atom is 0.301 e. The molecule has 326 valence electrons. The first kappa shape index (κ1) is 40.6. The van der Waals surface area contributed by atoms with Gasteiger partial charge in [-0.3, -0.25) is 29.3 Å². The molecule has 7 heterocycles. The lowest BCUT2D eigenvalue weighted by molar-refractivity contribution is -0.134. The summed E-state index contributed by atoms with van der Waals surface area (Å²) in [5.41, 5.74) is 4.64. The van der Waals surface area contributed by atoms with Gasteiger partial charge in [-0.15, -0.1) is 0 Å². The number of nitrogens with one attached hydrogen (secondary N) is 3. The van der Waals surface area contributed by atoms with Crippen LogP contribution in [0.3, 0.4) is 0 Å². The number of rotatable bonds is 8. The molecule has 1 aliphatic carbocycles. The number of imide groups is 1. The summed E-state index contributed by atoms with van der Waals surface area (Å²) in [6.07, 6.45) is 5.92. The van der Waals surface area contributed by atoms with E-state index < -0.39 is 30.0 Å². The molecular weight excluding hydrogens is 818 g/mol. The van der Waals surface area contributed by atoms with Gasteiger partial charge < -0.3 is 29.7 Å². The quantitative estimate of drug-likeness (QED) is 0.150. The van der Waals surface area contributed by atoms with Crippen LogP contribution in [0.2, 0.25) is 5.02 Å². The molecule has 0 spiro atoms. The number of pyridine rings is 2. The van der Waals surface area contributed by atoms with Crippen LogP contribution in [0.5, 0.6) is 5.75 Å². The van der Waals surface area contributed by atoms with E-state index in [4.69, 9.17) is 26.4 Å². The maximum absolute atomic E-state index is 15.2. The largest absolute Gasteiger partial charge is 0.480 e. The van der Waals surface area contributed by atoms with Crippen LogP contribution in [-0.2, 0) is 23.7 Å². The van der Waals surface area contributed by atoms with Gasteiger partial charge in [0.2, 0.25) is 17.6 Å². The molecule has 10 rings (SSSR count). The Morgan fingerprint density at radius 3 is 2.53 bits per heavy atom. The van der Waals surface area contributed by atoms with Gasteiger partial charge >= 0.3 is 5.92 Å². The Labute approximate surface area is 362 Å². The number of carbonyl (C=O) groups is 2. The summed E-state index contributed by atoms with van der Waals surface area (Å²) in [5.74, 6) is -2.96. The summed E-state index contributed by atoms with van der Waals surface area (Å²) in [6, 6.07) is 12.9. The van der Waals surface area contributed by atoms with Gasteiger partial charge in [-0.05, 0) is 75.1 Å². The van der Waals surface area contributed by atoms with Gasteiger partial charge in [-0.25, -0.2) is 13.8 Å². The number of aromatic nitrogens is 4. The van der Waals surface area contributed by atoms with Crippen LogP contribution in [0.1, 0.15) is 57.1 Å². The average Bonchev–Trinajstić information content (AvgIpc) is 4.06. The Hall–Kier alpha value is -5.48. The molecule has 17 heteroatoms. The Balaban J connectivity index is 0.788. The van der Waals surface area contributed by atoms with Gasteiger partial charge in [0.25, 0.3) is 5.56 Å². The molecule has 3 saturated heterocycles. The van der Waals surface area contributed by atoms with Crippen molar-refractivity contribution >= 4 is 73.8 Å². The lowest BCUT2D eigenvalue weighted by Gasteiger charge is -2.43. The lowest BCUT2D eigenvalue weighted by Crippen LogP contribution is -2.54. The summed E-state index contributed by atoms with van der Waals surface area (Å²) < 4.78 is 39.2. The molecule has 14 nitrogen and oxygen atoms in total. The summed E-state index contributed by atoms with van der Waals surface area (Å²) in [6.45, 7) is 6.89. The smallest absolute Gasteiger partial charge is 0.301 e. The number of amides is 2. The van der Waals surface area contributed by atoms with Crippen LogP contribution in [0.4, 0.5) is 37.3 Å². The van der Waals surface area contributed by atoms with Crippen molar-refractivity contribution in [3.05, 3.63) is 69.7 Å². The Morgan fingerprint density at radius 1 is 0.968 bits per heavy atom. The van der Waals surface area contributed by atoms with Crippen molar-refractivity contribution in [1.29, 1.82) is 0 Å². The van der Waals surface area contributed by atoms with E-state index in [9.17, 15) is 14.4 Å². The van der Waals surface area contributed by atoms with E-state index in [-0.39, 0.29) is 23.5 Å². The SMILES string of the molecule is C[C@H]1CN(c2cccc3c(C4CCC(=O)NC4=O)nn(C)c23)CCN1CC1CCN(c2cc(Nc3ccc4c(c3)c3c(c(=O)n4C)OCC(F)(F)[C@H](C4CC4)N3)c(Cl)cn2)CC1. The number of piperidine rings is 2. The average molecular weight is 869 g/mol. The number of alkyl halides is 2. The van der Waals surface area contributed by atoms with Crippen molar-refractivity contribution in [1.82, 2.24) is 29.5 Å². The topological polar surface area (TPSA) is 142 Å². The van der Waals surface area contributed by atoms with E-state index in [1.54, 1.807) is 19.3 Å². The first-order chi connectivity index (χ1) is 29.8. The van der Waals surface area contributed by atoms with E-state index in [2.05, 4.69) is 43.6 Å².